The molecular weight excluding hydrogens is 316 g/mol. The maximum atomic E-state index is 13.0. The fraction of sp³-hybridized carbons (Fsp3) is 0.400. The number of rotatable bonds is 5. The molecule has 1 N–H and O–H groups in total. The van der Waals surface area contributed by atoms with Gasteiger partial charge in [-0.25, -0.2) is 0 Å². The Bertz CT molecular complexity index is 770. The predicted molar refractivity (Wildman–Crippen MR) is 97.1 cm³/mol. The number of amides is 1. The van der Waals surface area contributed by atoms with Gasteiger partial charge < -0.3 is 14.6 Å². The van der Waals surface area contributed by atoms with Gasteiger partial charge in [-0.15, -0.1) is 0 Å². The largest absolute Gasteiger partial charge is 0.496 e. The summed E-state index contributed by atoms with van der Waals surface area (Å²) in [5.41, 5.74) is 1.45. The number of hydrogen-bond acceptors (Lipinski definition) is 3. The molecule has 132 valence electrons. The minimum atomic E-state index is -0.271. The van der Waals surface area contributed by atoms with E-state index in [1.807, 2.05) is 23.1 Å². The number of piperidine rings is 1. The fourth-order valence-corrected chi connectivity index (χ4v) is 3.49. The number of aromatic nitrogens is 1. The average molecular weight is 340 g/mol. The molecule has 1 aliphatic rings. The molecule has 1 aromatic heterocycles. The van der Waals surface area contributed by atoms with Gasteiger partial charge >= 0.3 is 0 Å². The van der Waals surface area contributed by atoms with E-state index in [9.17, 15) is 9.59 Å². The summed E-state index contributed by atoms with van der Waals surface area (Å²) in [6.45, 7) is 0.751. The van der Waals surface area contributed by atoms with Crippen LogP contribution in [0.15, 0.2) is 47.4 Å². The van der Waals surface area contributed by atoms with Crippen molar-refractivity contribution in [1.82, 2.24) is 9.88 Å². The highest BCUT2D eigenvalue weighted by atomic mass is 16.5. The molecule has 1 amide bonds. The molecule has 0 saturated carbocycles. The fourth-order valence-electron chi connectivity index (χ4n) is 3.49. The lowest BCUT2D eigenvalue weighted by Gasteiger charge is -2.36. The number of aromatic amines is 1. The van der Waals surface area contributed by atoms with Crippen molar-refractivity contribution in [3.05, 3.63) is 64.1 Å². The van der Waals surface area contributed by atoms with Crippen LogP contribution in [0.3, 0.4) is 0 Å². The van der Waals surface area contributed by atoms with Gasteiger partial charge in [0.15, 0.2) is 0 Å². The molecule has 2 heterocycles. The molecule has 1 aliphatic heterocycles. The zero-order valence-electron chi connectivity index (χ0n) is 14.5. The molecule has 1 unspecified atom stereocenters. The number of aryl methyl sites for hydroxylation is 1. The number of likely N-dealkylation sites (tertiary alicyclic amines) is 1. The van der Waals surface area contributed by atoms with Gasteiger partial charge in [-0.2, -0.15) is 0 Å². The summed E-state index contributed by atoms with van der Waals surface area (Å²) >= 11 is 0. The van der Waals surface area contributed by atoms with Crippen LogP contribution in [0.25, 0.3) is 0 Å². The van der Waals surface area contributed by atoms with Gasteiger partial charge in [0.1, 0.15) is 5.75 Å². The van der Waals surface area contributed by atoms with Crippen LogP contribution in [0.2, 0.25) is 0 Å². The molecule has 2 aromatic rings. The normalized spacial score (nSPS) is 17.3. The second-order valence-corrected chi connectivity index (χ2v) is 6.45. The number of carbonyl (C=O) groups is 1. The number of nitrogens with zero attached hydrogens (tertiary/aromatic N) is 1. The van der Waals surface area contributed by atoms with Crippen LogP contribution in [0.1, 0.15) is 41.6 Å². The molecule has 1 saturated heterocycles. The smallest absolute Gasteiger partial charge is 0.259 e. The number of carbonyl (C=O) groups excluding carboxylic acids is 1. The SMILES string of the molecule is COc1cc(=O)[nH]cc1C(=O)N1CCCCC1CCc1ccccc1. The van der Waals surface area contributed by atoms with Gasteiger partial charge in [-0.3, -0.25) is 9.59 Å². The highest BCUT2D eigenvalue weighted by molar-refractivity contribution is 5.96. The maximum Gasteiger partial charge on any atom is 0.259 e. The third-order valence-corrected chi connectivity index (χ3v) is 4.83. The van der Waals surface area contributed by atoms with Crippen LogP contribution in [-0.4, -0.2) is 35.5 Å². The summed E-state index contributed by atoms with van der Waals surface area (Å²) < 4.78 is 5.24. The Morgan fingerprint density at radius 1 is 1.28 bits per heavy atom. The van der Waals surface area contributed by atoms with E-state index >= 15 is 0 Å². The summed E-state index contributed by atoms with van der Waals surface area (Å²) in [5, 5.41) is 0. The van der Waals surface area contributed by atoms with Crippen molar-refractivity contribution in [2.24, 2.45) is 0 Å². The first kappa shape index (κ1) is 17.3. The molecule has 1 aromatic carbocycles. The van der Waals surface area contributed by atoms with Crippen molar-refractivity contribution in [3.8, 4) is 5.75 Å². The van der Waals surface area contributed by atoms with Gasteiger partial charge in [0.25, 0.3) is 11.5 Å². The Kier molecular flexibility index (Phi) is 5.53. The zero-order chi connectivity index (χ0) is 17.6. The van der Waals surface area contributed by atoms with E-state index < -0.39 is 0 Å². The van der Waals surface area contributed by atoms with E-state index in [1.54, 1.807) is 0 Å². The van der Waals surface area contributed by atoms with E-state index in [-0.39, 0.29) is 17.5 Å². The number of ether oxygens (including phenoxy) is 1. The van der Waals surface area contributed by atoms with Crippen molar-refractivity contribution in [1.29, 1.82) is 0 Å². The van der Waals surface area contributed by atoms with Crippen molar-refractivity contribution in [3.63, 3.8) is 0 Å². The van der Waals surface area contributed by atoms with Crippen LogP contribution >= 0.6 is 0 Å². The highest BCUT2D eigenvalue weighted by Crippen LogP contribution is 2.25. The minimum absolute atomic E-state index is 0.0640. The highest BCUT2D eigenvalue weighted by Gasteiger charge is 2.29. The molecule has 5 heteroatoms. The molecular formula is C20H24N2O3. The molecule has 3 rings (SSSR count). The van der Waals surface area contributed by atoms with Crippen molar-refractivity contribution >= 4 is 5.91 Å². The van der Waals surface area contributed by atoms with E-state index in [0.717, 1.165) is 38.6 Å². The third-order valence-electron chi connectivity index (χ3n) is 4.83. The van der Waals surface area contributed by atoms with E-state index in [2.05, 4.69) is 17.1 Å². The quantitative estimate of drug-likeness (QED) is 0.910. The number of pyridine rings is 1. The minimum Gasteiger partial charge on any atom is -0.496 e. The van der Waals surface area contributed by atoms with Crippen LogP contribution in [0.5, 0.6) is 5.75 Å². The summed E-state index contributed by atoms with van der Waals surface area (Å²) in [5.74, 6) is 0.270. The molecule has 1 atom stereocenters. The first-order valence-corrected chi connectivity index (χ1v) is 8.80. The number of H-pyrrole nitrogens is 1. The topological polar surface area (TPSA) is 62.4 Å². The Morgan fingerprint density at radius 2 is 2.08 bits per heavy atom. The molecule has 1 fully saturated rings. The summed E-state index contributed by atoms with van der Waals surface area (Å²) in [6, 6.07) is 11.9. The van der Waals surface area contributed by atoms with Crippen molar-refractivity contribution in [2.45, 2.75) is 38.1 Å². The number of benzene rings is 1. The lowest BCUT2D eigenvalue weighted by atomic mass is 9.95. The predicted octanol–water partition coefficient (Wildman–Crippen LogP) is 3.01. The standard InChI is InChI=1S/C20H24N2O3/c1-25-18-13-19(23)21-14-17(18)20(24)22-12-6-5-9-16(22)11-10-15-7-3-2-4-8-15/h2-4,7-8,13-14,16H,5-6,9-12H2,1H3,(H,21,23). The third kappa shape index (κ3) is 4.10. The maximum absolute atomic E-state index is 13.0. The van der Waals surface area contributed by atoms with Crippen molar-refractivity contribution in [2.75, 3.05) is 13.7 Å². The molecule has 0 radical (unpaired) electrons. The molecule has 5 nitrogen and oxygen atoms in total. The van der Waals surface area contributed by atoms with Gasteiger partial charge in [0.2, 0.25) is 0 Å². The number of methoxy groups -OCH3 is 1. The zero-order valence-corrected chi connectivity index (χ0v) is 14.5. The van der Waals surface area contributed by atoms with Gasteiger partial charge in [0.05, 0.1) is 12.7 Å². The second-order valence-electron chi connectivity index (χ2n) is 6.45. The average Bonchev–Trinajstić information content (AvgIpc) is 2.66. The Hall–Kier alpha value is -2.56. The van der Waals surface area contributed by atoms with Crippen LogP contribution < -0.4 is 10.3 Å². The van der Waals surface area contributed by atoms with Crippen LogP contribution in [0, 0.1) is 0 Å². The van der Waals surface area contributed by atoms with Gasteiger partial charge in [-0.05, 0) is 37.7 Å². The Balaban J connectivity index is 1.76. The Labute approximate surface area is 147 Å². The molecule has 25 heavy (non-hydrogen) atoms. The van der Waals surface area contributed by atoms with Crippen LogP contribution in [-0.2, 0) is 6.42 Å². The molecule has 0 spiro atoms. The Morgan fingerprint density at radius 3 is 2.84 bits per heavy atom. The van der Waals surface area contributed by atoms with E-state index in [4.69, 9.17) is 4.74 Å². The lowest BCUT2D eigenvalue weighted by molar-refractivity contribution is 0.0598. The van der Waals surface area contributed by atoms with E-state index in [0.29, 0.717) is 11.3 Å². The summed E-state index contributed by atoms with van der Waals surface area (Å²) in [4.78, 5) is 29.0. The first-order chi connectivity index (χ1) is 12.2. The van der Waals surface area contributed by atoms with Crippen LogP contribution in [0.4, 0.5) is 0 Å². The monoisotopic (exact) mass is 340 g/mol. The molecule has 0 bridgehead atoms. The summed E-state index contributed by atoms with van der Waals surface area (Å²) in [6.07, 6.45) is 6.54. The first-order valence-electron chi connectivity index (χ1n) is 8.80. The van der Waals surface area contributed by atoms with Gasteiger partial charge in [-0.1, -0.05) is 30.3 Å². The second kappa shape index (κ2) is 8.01. The summed E-state index contributed by atoms with van der Waals surface area (Å²) in [7, 11) is 1.48. The number of hydrogen-bond donors (Lipinski definition) is 1. The molecule has 0 aliphatic carbocycles. The number of nitrogens with one attached hydrogen (secondary N) is 1. The van der Waals surface area contributed by atoms with Gasteiger partial charge in [0, 0.05) is 24.8 Å². The van der Waals surface area contributed by atoms with E-state index in [1.165, 1.54) is 24.9 Å². The van der Waals surface area contributed by atoms with Crippen molar-refractivity contribution < 1.29 is 9.53 Å². The lowest BCUT2D eigenvalue weighted by Crippen LogP contribution is -2.44.